The van der Waals surface area contributed by atoms with Crippen LogP contribution in [-0.2, 0) is 39.5 Å². The Morgan fingerprint density at radius 3 is 1.64 bits per heavy atom. The van der Waals surface area contributed by atoms with Gasteiger partial charge in [-0.1, -0.05) is 53.4 Å². The molecule has 3 aromatic heterocycles. The Morgan fingerprint density at radius 2 is 1.11 bits per heavy atom. The van der Waals surface area contributed by atoms with Crippen molar-refractivity contribution >= 4 is 68.9 Å². The zero-order valence-corrected chi connectivity index (χ0v) is 27.6. The second-order valence-electron chi connectivity index (χ2n) is 11.1. The van der Waals surface area contributed by atoms with E-state index in [2.05, 4.69) is 39.5 Å². The summed E-state index contributed by atoms with van der Waals surface area (Å²) in [5.74, 6) is -1.10. The first-order valence-electron chi connectivity index (χ1n) is 14.6. The van der Waals surface area contributed by atoms with E-state index in [1.54, 1.807) is 0 Å². The quantitative estimate of drug-likeness (QED) is 0.170. The molecule has 230 valence electrons. The van der Waals surface area contributed by atoms with Crippen LogP contribution in [0.5, 0.6) is 0 Å². The summed E-state index contributed by atoms with van der Waals surface area (Å²) in [6.45, 7) is 10.2. The predicted molar refractivity (Wildman–Crippen MR) is 174 cm³/mol. The minimum Gasteiger partial charge on any atom is -0.657 e. The zero-order chi connectivity index (χ0) is 31.0. The molecule has 0 aliphatic carbocycles. The molecule has 0 unspecified atom stereocenters. The van der Waals surface area contributed by atoms with Gasteiger partial charge in [-0.05, 0) is 81.4 Å². The van der Waals surface area contributed by atoms with Crippen LogP contribution in [0.2, 0.25) is 0 Å². The number of thiol groups is 1. The van der Waals surface area contributed by atoms with E-state index in [-0.39, 0.29) is 29.9 Å². The van der Waals surface area contributed by atoms with Crippen LogP contribution in [-0.4, -0.2) is 37.9 Å². The standard InChI is InChI=1S/C34H38N4O4S.Fe/c1-6-21-17(2)25-13-26-18(3)22(7-9-33(39)40)31(36-26)16-32-23(8-10-34(41)42)19(4)28(38-32)15-30-24(11-12-43)20(5)27(37-30)14-29(21)35-25;/h13-16H,6-12H2,1-5H3,(H5,35,36,37,38,39,40,41,42,43);/q;+2/p-2. The van der Waals surface area contributed by atoms with Gasteiger partial charge in [0.15, 0.2) is 0 Å². The van der Waals surface area contributed by atoms with Crippen LogP contribution in [0.4, 0.5) is 0 Å². The number of aryl methyl sites for hydroxylation is 4. The first kappa shape index (κ1) is 33.3. The van der Waals surface area contributed by atoms with E-state index in [0.29, 0.717) is 29.8 Å². The summed E-state index contributed by atoms with van der Waals surface area (Å²) >= 11 is 4.51. The number of carboxylic acids is 2. The van der Waals surface area contributed by atoms with E-state index < -0.39 is 11.9 Å². The summed E-state index contributed by atoms with van der Waals surface area (Å²) < 4.78 is 0. The molecule has 5 heterocycles. The van der Waals surface area contributed by atoms with E-state index >= 15 is 0 Å². The number of rotatable bonds is 9. The van der Waals surface area contributed by atoms with Crippen LogP contribution in [0.1, 0.15) is 91.5 Å². The Morgan fingerprint density at radius 1 is 0.682 bits per heavy atom. The number of allylic oxidation sites excluding steroid dienone is 4. The third-order valence-electron chi connectivity index (χ3n) is 8.53. The number of nitrogens with zero attached hydrogens (tertiary/aromatic N) is 4. The van der Waals surface area contributed by atoms with Gasteiger partial charge in [-0.2, -0.15) is 12.6 Å². The first-order valence-corrected chi connectivity index (χ1v) is 15.2. The van der Waals surface area contributed by atoms with Crippen LogP contribution in [0.25, 0.3) is 44.4 Å². The van der Waals surface area contributed by atoms with Crippen molar-refractivity contribution in [1.82, 2.24) is 19.9 Å². The van der Waals surface area contributed by atoms with Crippen molar-refractivity contribution < 1.29 is 36.9 Å². The molecule has 0 amide bonds. The van der Waals surface area contributed by atoms with Gasteiger partial charge in [0.05, 0.1) is 22.8 Å². The van der Waals surface area contributed by atoms with E-state index in [4.69, 9.17) is 19.9 Å². The second kappa shape index (κ2) is 13.6. The van der Waals surface area contributed by atoms with Crippen LogP contribution in [0, 0.1) is 13.8 Å². The van der Waals surface area contributed by atoms with E-state index in [0.717, 1.165) is 91.0 Å². The van der Waals surface area contributed by atoms with Crippen molar-refractivity contribution in [2.75, 3.05) is 5.75 Å². The number of aromatic nitrogens is 4. The van der Waals surface area contributed by atoms with Gasteiger partial charge in [0, 0.05) is 12.8 Å². The van der Waals surface area contributed by atoms with Crippen molar-refractivity contribution in [3.63, 3.8) is 0 Å². The van der Waals surface area contributed by atoms with Crippen molar-refractivity contribution in [2.45, 2.75) is 73.1 Å². The summed E-state index contributed by atoms with van der Waals surface area (Å²) in [4.78, 5) is 43.1. The summed E-state index contributed by atoms with van der Waals surface area (Å²) in [6, 6.07) is 7.89. The van der Waals surface area contributed by atoms with Gasteiger partial charge >= 0.3 is 29.0 Å². The fraction of sp³-hybridized carbons (Fsp3) is 0.353. The maximum Gasteiger partial charge on any atom is 2.00 e. The molecule has 8 nitrogen and oxygen atoms in total. The molecule has 3 aromatic rings. The number of hydrogen-bond acceptors (Lipinski definition) is 5. The third kappa shape index (κ3) is 6.43. The SMILES string of the molecule is CCC1=C(C)c2cc3[n-]c(cc4nc(cc5[n-]c(cc1n2)c(C)c5CCS)C(C)=C4CCC(=O)O)c(CCC(=O)O)c3C.[Fe+2]. The average molecular weight is 653 g/mol. The molecule has 10 heteroatoms. The van der Waals surface area contributed by atoms with Gasteiger partial charge in [-0.3, -0.25) is 9.59 Å². The first-order chi connectivity index (χ1) is 20.5. The largest absolute Gasteiger partial charge is 2.00 e. The van der Waals surface area contributed by atoms with Gasteiger partial charge in [-0.15, -0.1) is 22.1 Å². The molecule has 0 radical (unpaired) electrons. The van der Waals surface area contributed by atoms with E-state index in [9.17, 15) is 19.8 Å². The van der Waals surface area contributed by atoms with Crippen LogP contribution < -0.4 is 9.97 Å². The summed E-state index contributed by atoms with van der Waals surface area (Å²) in [5.41, 5.74) is 14.0. The smallest absolute Gasteiger partial charge is 0.657 e. The van der Waals surface area contributed by atoms with Gasteiger partial charge in [0.1, 0.15) is 0 Å². The average Bonchev–Trinajstić information content (AvgIpc) is 3.61. The molecule has 2 aliphatic rings. The molecule has 2 N–H and O–H groups in total. The molecule has 0 saturated heterocycles. The Balaban J connectivity index is 0.00000442. The monoisotopic (exact) mass is 652 g/mol. The maximum atomic E-state index is 11.6. The molecule has 0 spiro atoms. The molecule has 0 aromatic carbocycles. The topological polar surface area (TPSA) is 129 Å². The second-order valence-corrected chi connectivity index (χ2v) is 11.6. The minimum absolute atomic E-state index is 0. The predicted octanol–water partition coefficient (Wildman–Crippen LogP) is 6.81. The summed E-state index contributed by atoms with van der Waals surface area (Å²) in [5, 5.41) is 18.9. The van der Waals surface area contributed by atoms with Crippen molar-refractivity contribution in [3.05, 3.63) is 69.3 Å². The molecular weight excluding hydrogens is 616 g/mol. The molecule has 0 fully saturated rings. The fourth-order valence-electron chi connectivity index (χ4n) is 6.04. The molecule has 2 aliphatic heterocycles. The molecule has 0 saturated carbocycles. The molecule has 8 bridgehead atoms. The van der Waals surface area contributed by atoms with Gasteiger partial charge in [0.2, 0.25) is 0 Å². The third-order valence-corrected chi connectivity index (χ3v) is 8.76. The Labute approximate surface area is 273 Å². The summed E-state index contributed by atoms with van der Waals surface area (Å²) in [6.07, 6.45) is 2.12. The fourth-order valence-corrected chi connectivity index (χ4v) is 6.26. The Kier molecular flexibility index (Phi) is 10.3. The van der Waals surface area contributed by atoms with E-state index in [1.807, 2.05) is 32.0 Å². The molecule has 44 heavy (non-hydrogen) atoms. The van der Waals surface area contributed by atoms with Crippen LogP contribution in [0.15, 0.2) is 24.3 Å². The van der Waals surface area contributed by atoms with Crippen molar-refractivity contribution in [3.8, 4) is 0 Å². The van der Waals surface area contributed by atoms with Crippen LogP contribution in [0.3, 0.4) is 0 Å². The van der Waals surface area contributed by atoms with Gasteiger partial charge in [0.25, 0.3) is 0 Å². The Bertz CT molecular complexity index is 1880. The number of hydrogen-bond donors (Lipinski definition) is 3. The summed E-state index contributed by atoms with van der Waals surface area (Å²) in [7, 11) is 0. The van der Waals surface area contributed by atoms with E-state index in [1.165, 1.54) is 0 Å². The zero-order valence-electron chi connectivity index (χ0n) is 25.6. The van der Waals surface area contributed by atoms with Crippen molar-refractivity contribution in [1.29, 1.82) is 0 Å². The number of carbonyl (C=O) groups is 2. The minimum atomic E-state index is -0.885. The number of aliphatic carboxylic acids is 2. The molecule has 5 rings (SSSR count). The number of fused-ring (bicyclic) bond motifs is 8. The number of carboxylic acid groups (broad SMARTS) is 2. The van der Waals surface area contributed by atoms with Crippen molar-refractivity contribution in [2.24, 2.45) is 0 Å². The van der Waals surface area contributed by atoms with Gasteiger partial charge < -0.3 is 20.2 Å². The normalized spacial score (nSPS) is 13.0. The molecule has 0 atom stereocenters. The van der Waals surface area contributed by atoms with Gasteiger partial charge in [-0.25, -0.2) is 9.97 Å². The van der Waals surface area contributed by atoms with Crippen LogP contribution >= 0.6 is 12.6 Å². The Hall–Kier alpha value is -3.59. The maximum absolute atomic E-state index is 11.6. The molecular formula is C34H36FeN4O4S.